The quantitative estimate of drug-likeness (QED) is 0.570. The van der Waals surface area contributed by atoms with E-state index in [4.69, 9.17) is 4.74 Å². The molecule has 3 rings (SSSR count). The number of nitrogens with zero attached hydrogens (tertiary/aromatic N) is 1. The number of ether oxygens (including phenoxy) is 1. The van der Waals surface area contributed by atoms with Crippen LogP contribution >= 0.6 is 0 Å². The Bertz CT molecular complexity index is 835. The predicted molar refractivity (Wildman–Crippen MR) is 112 cm³/mol. The van der Waals surface area contributed by atoms with Crippen molar-refractivity contribution in [2.45, 2.75) is 49.5 Å². The molecule has 1 saturated carbocycles. The number of rotatable bonds is 10. The van der Waals surface area contributed by atoms with Crippen molar-refractivity contribution in [3.63, 3.8) is 0 Å². The Hall–Kier alpha value is -1.97. The molecule has 1 aliphatic carbocycles. The Morgan fingerprint density at radius 2 is 1.90 bits per heavy atom. The van der Waals surface area contributed by atoms with Gasteiger partial charge in [0.05, 0.1) is 17.4 Å². The van der Waals surface area contributed by atoms with E-state index in [0.717, 1.165) is 31.2 Å². The molecule has 9 heteroatoms. The van der Waals surface area contributed by atoms with Gasteiger partial charge in [-0.05, 0) is 37.0 Å². The molecular formula is C21H31N3O5S. The zero-order chi connectivity index (χ0) is 21.6. The summed E-state index contributed by atoms with van der Waals surface area (Å²) in [6, 6.07) is 6.81. The number of nitrogens with one attached hydrogen (secondary N) is 2. The molecule has 0 bridgehead atoms. The first-order valence-electron chi connectivity index (χ1n) is 10.5. The van der Waals surface area contributed by atoms with Crippen molar-refractivity contribution in [2.75, 3.05) is 33.4 Å². The number of hydrogen-bond acceptors (Lipinski definition) is 5. The zero-order valence-electron chi connectivity index (χ0n) is 17.4. The van der Waals surface area contributed by atoms with Crippen LogP contribution in [0.15, 0.2) is 29.2 Å². The normalized spacial score (nSPS) is 20.1. The van der Waals surface area contributed by atoms with Gasteiger partial charge in [-0.2, -0.15) is 0 Å². The lowest BCUT2D eigenvalue weighted by molar-refractivity contribution is -0.129. The molecule has 1 atom stereocenters. The molecular weight excluding hydrogens is 406 g/mol. The summed E-state index contributed by atoms with van der Waals surface area (Å²) in [5.74, 6) is -0.470. The van der Waals surface area contributed by atoms with Gasteiger partial charge >= 0.3 is 0 Å². The molecule has 1 aliphatic heterocycles. The number of amides is 2. The molecule has 0 radical (unpaired) electrons. The van der Waals surface area contributed by atoms with E-state index in [1.807, 2.05) is 0 Å². The minimum Gasteiger partial charge on any atom is -0.383 e. The van der Waals surface area contributed by atoms with E-state index in [9.17, 15) is 18.0 Å². The highest BCUT2D eigenvalue weighted by molar-refractivity contribution is 7.89. The number of carbonyl (C=O) groups excluding carboxylic acids is 2. The Labute approximate surface area is 178 Å². The lowest BCUT2D eigenvalue weighted by atomic mass is 10.1. The minimum atomic E-state index is -3.49. The maximum atomic E-state index is 12.5. The van der Waals surface area contributed by atoms with Crippen molar-refractivity contribution in [1.82, 2.24) is 14.9 Å². The third-order valence-corrected chi connectivity index (χ3v) is 7.31. The van der Waals surface area contributed by atoms with E-state index >= 15 is 0 Å². The summed E-state index contributed by atoms with van der Waals surface area (Å²) in [4.78, 5) is 26.2. The smallest absolute Gasteiger partial charge is 0.240 e. The molecule has 2 aliphatic rings. The molecule has 166 valence electrons. The van der Waals surface area contributed by atoms with E-state index in [-0.39, 0.29) is 35.1 Å². The average molecular weight is 438 g/mol. The Morgan fingerprint density at radius 1 is 1.20 bits per heavy atom. The second kappa shape index (κ2) is 10.4. The predicted octanol–water partition coefficient (Wildman–Crippen LogP) is 1.06. The molecule has 2 fully saturated rings. The van der Waals surface area contributed by atoms with Crippen LogP contribution in [0.5, 0.6) is 0 Å². The number of likely N-dealkylation sites (tertiary alicyclic amines) is 1. The number of hydrogen-bond donors (Lipinski definition) is 2. The highest BCUT2D eigenvalue weighted by Crippen LogP contribution is 2.21. The van der Waals surface area contributed by atoms with Gasteiger partial charge in [0.15, 0.2) is 0 Å². The first kappa shape index (κ1) is 22.7. The van der Waals surface area contributed by atoms with E-state index in [1.54, 1.807) is 36.3 Å². The highest BCUT2D eigenvalue weighted by atomic mass is 32.2. The maximum Gasteiger partial charge on any atom is 0.240 e. The molecule has 2 N–H and O–H groups in total. The van der Waals surface area contributed by atoms with Gasteiger partial charge in [0.25, 0.3) is 0 Å². The molecule has 0 aromatic heterocycles. The van der Waals surface area contributed by atoms with Crippen molar-refractivity contribution in [1.29, 1.82) is 0 Å². The number of methoxy groups -OCH3 is 1. The lowest BCUT2D eigenvalue weighted by Crippen LogP contribution is -2.34. The molecule has 8 nitrogen and oxygen atoms in total. The summed E-state index contributed by atoms with van der Waals surface area (Å²) in [5.41, 5.74) is 0.944. The molecule has 1 heterocycles. The molecule has 0 spiro atoms. The van der Waals surface area contributed by atoms with Crippen LogP contribution in [0, 0.1) is 5.92 Å². The number of carbonyl (C=O) groups is 2. The van der Waals surface area contributed by atoms with Crippen LogP contribution in [-0.2, 0) is 30.8 Å². The summed E-state index contributed by atoms with van der Waals surface area (Å²) in [6.45, 7) is 1.83. The van der Waals surface area contributed by atoms with E-state index in [0.29, 0.717) is 32.7 Å². The second-order valence-electron chi connectivity index (χ2n) is 8.02. The van der Waals surface area contributed by atoms with Crippen LogP contribution < -0.4 is 10.0 Å². The van der Waals surface area contributed by atoms with Crippen molar-refractivity contribution in [3.05, 3.63) is 29.8 Å². The monoisotopic (exact) mass is 437 g/mol. The van der Waals surface area contributed by atoms with Crippen LogP contribution in [-0.4, -0.2) is 64.5 Å². The molecule has 1 unspecified atom stereocenters. The summed E-state index contributed by atoms with van der Waals surface area (Å²) in [5, 5.41) is 2.88. The Balaban J connectivity index is 1.44. The van der Waals surface area contributed by atoms with E-state index < -0.39 is 10.0 Å². The van der Waals surface area contributed by atoms with Crippen molar-refractivity contribution in [2.24, 2.45) is 5.92 Å². The lowest BCUT2D eigenvalue weighted by Gasteiger charge is -2.16. The van der Waals surface area contributed by atoms with Gasteiger partial charge in [-0.3, -0.25) is 9.59 Å². The second-order valence-corrected chi connectivity index (χ2v) is 9.74. The van der Waals surface area contributed by atoms with Gasteiger partial charge in [0.1, 0.15) is 0 Å². The minimum absolute atomic E-state index is 0.0183. The average Bonchev–Trinajstić information content (AvgIpc) is 3.36. The van der Waals surface area contributed by atoms with Crippen LogP contribution in [0.3, 0.4) is 0 Å². The first-order valence-corrected chi connectivity index (χ1v) is 12.0. The fourth-order valence-electron chi connectivity index (χ4n) is 4.01. The Kier molecular flexibility index (Phi) is 7.85. The van der Waals surface area contributed by atoms with Gasteiger partial charge in [-0.15, -0.1) is 0 Å². The first-order chi connectivity index (χ1) is 14.4. The van der Waals surface area contributed by atoms with Gasteiger partial charge in [-0.1, -0.05) is 25.0 Å². The SMILES string of the molecule is COCCN1CC(C(=O)NCCc2ccc(S(=O)(=O)NC3CCCC3)cc2)CC1=O. The van der Waals surface area contributed by atoms with Gasteiger partial charge < -0.3 is 15.0 Å². The van der Waals surface area contributed by atoms with Gasteiger partial charge in [-0.25, -0.2) is 13.1 Å². The van der Waals surface area contributed by atoms with E-state index in [2.05, 4.69) is 10.0 Å². The largest absolute Gasteiger partial charge is 0.383 e. The summed E-state index contributed by atoms with van der Waals surface area (Å²) < 4.78 is 32.7. The van der Waals surface area contributed by atoms with E-state index in [1.165, 1.54) is 0 Å². The molecule has 1 saturated heterocycles. The van der Waals surface area contributed by atoms with Gasteiger partial charge in [0, 0.05) is 39.2 Å². The van der Waals surface area contributed by atoms with Crippen LogP contribution in [0.2, 0.25) is 0 Å². The van der Waals surface area contributed by atoms with Crippen LogP contribution in [0.4, 0.5) is 0 Å². The number of sulfonamides is 1. The van der Waals surface area contributed by atoms with Crippen LogP contribution in [0.1, 0.15) is 37.7 Å². The summed E-state index contributed by atoms with van der Waals surface area (Å²) >= 11 is 0. The zero-order valence-corrected chi connectivity index (χ0v) is 18.2. The van der Waals surface area contributed by atoms with Crippen LogP contribution in [0.25, 0.3) is 0 Å². The third-order valence-electron chi connectivity index (χ3n) is 5.77. The standard InChI is InChI=1S/C21H31N3O5S/c1-29-13-12-24-15-17(14-20(24)25)21(26)22-11-10-16-6-8-19(9-7-16)30(27,28)23-18-4-2-3-5-18/h6-9,17-18,23H,2-5,10-15H2,1H3,(H,22,26). The summed E-state index contributed by atoms with van der Waals surface area (Å²) in [7, 11) is -1.91. The highest BCUT2D eigenvalue weighted by Gasteiger charge is 2.33. The molecule has 2 amide bonds. The fourth-order valence-corrected chi connectivity index (χ4v) is 5.31. The maximum absolute atomic E-state index is 12.5. The fraction of sp³-hybridized carbons (Fsp3) is 0.619. The Morgan fingerprint density at radius 3 is 2.57 bits per heavy atom. The topological polar surface area (TPSA) is 105 Å². The summed E-state index contributed by atoms with van der Waals surface area (Å²) in [6.07, 6.45) is 4.75. The molecule has 30 heavy (non-hydrogen) atoms. The van der Waals surface area contributed by atoms with Crippen molar-refractivity contribution >= 4 is 21.8 Å². The molecule has 1 aromatic carbocycles. The molecule has 1 aromatic rings. The third kappa shape index (κ3) is 6.02. The van der Waals surface area contributed by atoms with Crippen molar-refractivity contribution < 1.29 is 22.7 Å². The number of benzene rings is 1. The van der Waals surface area contributed by atoms with Gasteiger partial charge in [0.2, 0.25) is 21.8 Å². The van der Waals surface area contributed by atoms with Crippen molar-refractivity contribution in [3.8, 4) is 0 Å².